The third-order valence-corrected chi connectivity index (χ3v) is 4.26. The number of amides is 1. The zero-order valence-corrected chi connectivity index (χ0v) is 13.2. The van der Waals surface area contributed by atoms with Crippen molar-refractivity contribution in [1.82, 2.24) is 14.9 Å². The summed E-state index contributed by atoms with van der Waals surface area (Å²) in [7, 11) is 1.72. The van der Waals surface area contributed by atoms with Crippen LogP contribution < -0.4 is 10.9 Å². The Hall–Kier alpha value is -1.82. The maximum Gasteiger partial charge on any atom is 0.283 e. The topological polar surface area (TPSA) is 64.0 Å². The van der Waals surface area contributed by atoms with Gasteiger partial charge in [-0.05, 0) is 25.5 Å². The number of hydrogen-bond acceptors (Lipinski definition) is 4. The van der Waals surface area contributed by atoms with Gasteiger partial charge in [0.25, 0.3) is 5.56 Å². The maximum absolute atomic E-state index is 12.2. The quantitative estimate of drug-likeness (QED) is 0.858. The molecule has 2 rings (SSSR count). The first-order valence-electron chi connectivity index (χ1n) is 6.90. The Bertz CT molecular complexity index is 712. The average molecular weight is 305 g/mol. The fourth-order valence-electron chi connectivity index (χ4n) is 1.90. The lowest BCUT2D eigenvalue weighted by molar-refractivity contribution is -0.119. The zero-order valence-electron chi connectivity index (χ0n) is 12.4. The molecule has 0 spiro atoms. The highest BCUT2D eigenvalue weighted by molar-refractivity contribution is 7.99. The number of hydrogen-bond donors (Lipinski definition) is 1. The van der Waals surface area contributed by atoms with Gasteiger partial charge in [-0.2, -0.15) is 0 Å². The minimum Gasteiger partial charge on any atom is -0.353 e. The van der Waals surface area contributed by atoms with Crippen molar-refractivity contribution in [3.8, 4) is 0 Å². The van der Waals surface area contributed by atoms with Crippen molar-refractivity contribution in [2.24, 2.45) is 7.05 Å². The zero-order chi connectivity index (χ0) is 15.4. The van der Waals surface area contributed by atoms with Crippen molar-refractivity contribution >= 4 is 28.7 Å². The lowest BCUT2D eigenvalue weighted by atomic mass is 10.3. The van der Waals surface area contributed by atoms with Crippen LogP contribution in [0.5, 0.6) is 0 Å². The summed E-state index contributed by atoms with van der Waals surface area (Å²) < 4.78 is 1.57. The van der Waals surface area contributed by atoms with Gasteiger partial charge < -0.3 is 9.88 Å². The van der Waals surface area contributed by atoms with Crippen molar-refractivity contribution in [2.75, 3.05) is 5.75 Å². The van der Waals surface area contributed by atoms with Crippen LogP contribution in [0.2, 0.25) is 0 Å². The molecule has 2 aromatic rings. The van der Waals surface area contributed by atoms with Gasteiger partial charge in [0, 0.05) is 13.1 Å². The number of aromatic nitrogens is 2. The van der Waals surface area contributed by atoms with Crippen molar-refractivity contribution in [1.29, 1.82) is 0 Å². The molecule has 0 radical (unpaired) electrons. The third-order valence-electron chi connectivity index (χ3n) is 3.31. The summed E-state index contributed by atoms with van der Waals surface area (Å²) >= 11 is 1.18. The highest BCUT2D eigenvalue weighted by atomic mass is 32.2. The highest BCUT2D eigenvalue weighted by Crippen LogP contribution is 2.15. The summed E-state index contributed by atoms with van der Waals surface area (Å²) in [6, 6.07) is 7.61. The van der Waals surface area contributed by atoms with E-state index < -0.39 is 0 Å². The molecule has 0 aliphatic heterocycles. The molecule has 0 saturated carbocycles. The van der Waals surface area contributed by atoms with Crippen LogP contribution in [0.1, 0.15) is 20.3 Å². The number of benzene rings is 1. The molecule has 0 fully saturated rings. The second-order valence-electron chi connectivity index (χ2n) is 4.94. The summed E-state index contributed by atoms with van der Waals surface area (Å²) in [5.41, 5.74) is 1.37. The normalized spacial score (nSPS) is 12.3. The molecule has 0 aliphatic carbocycles. The Morgan fingerprint density at radius 1 is 1.43 bits per heavy atom. The predicted octanol–water partition coefficient (Wildman–Crippen LogP) is 1.94. The molecule has 1 aromatic carbocycles. The van der Waals surface area contributed by atoms with Gasteiger partial charge in [-0.3, -0.25) is 9.59 Å². The van der Waals surface area contributed by atoms with E-state index in [1.807, 2.05) is 38.1 Å². The summed E-state index contributed by atoms with van der Waals surface area (Å²) in [4.78, 5) is 28.4. The number of nitrogens with one attached hydrogen (secondary N) is 1. The van der Waals surface area contributed by atoms with Crippen LogP contribution in [0.25, 0.3) is 11.0 Å². The first kappa shape index (κ1) is 15.6. The molecule has 21 heavy (non-hydrogen) atoms. The number of fused-ring (bicyclic) bond motifs is 1. The van der Waals surface area contributed by atoms with Gasteiger partial charge in [-0.15, -0.1) is 0 Å². The van der Waals surface area contributed by atoms with E-state index >= 15 is 0 Å². The van der Waals surface area contributed by atoms with Gasteiger partial charge in [0.1, 0.15) is 0 Å². The first-order valence-corrected chi connectivity index (χ1v) is 7.89. The van der Waals surface area contributed by atoms with E-state index in [2.05, 4.69) is 10.3 Å². The highest BCUT2D eigenvalue weighted by Gasteiger charge is 2.12. The first-order chi connectivity index (χ1) is 10.0. The lowest BCUT2D eigenvalue weighted by Gasteiger charge is -2.11. The molecule has 1 amide bonds. The largest absolute Gasteiger partial charge is 0.353 e. The molecule has 0 aliphatic rings. The molecular weight excluding hydrogens is 286 g/mol. The standard InChI is InChI=1S/C15H19N3O2S/c1-4-10(2)16-13(19)9-21-14-15(20)18(3)12-8-6-5-7-11(12)17-14/h5-8,10H,4,9H2,1-3H3,(H,16,19)/t10-/m1/s1. The molecule has 1 atom stereocenters. The van der Waals surface area contributed by atoms with Gasteiger partial charge >= 0.3 is 0 Å². The van der Waals surface area contributed by atoms with E-state index in [9.17, 15) is 9.59 Å². The SMILES string of the molecule is CC[C@@H](C)NC(=O)CSc1nc2ccccc2n(C)c1=O. The minimum atomic E-state index is -0.171. The second-order valence-corrected chi connectivity index (χ2v) is 5.90. The van der Waals surface area contributed by atoms with Crippen LogP contribution in [0.3, 0.4) is 0 Å². The van der Waals surface area contributed by atoms with Crippen molar-refractivity contribution in [3.05, 3.63) is 34.6 Å². The number of para-hydroxylation sites is 2. The van der Waals surface area contributed by atoms with Gasteiger partial charge in [0.2, 0.25) is 5.91 Å². The number of carbonyl (C=O) groups is 1. The molecule has 0 unspecified atom stereocenters. The molecule has 1 aromatic heterocycles. The van der Waals surface area contributed by atoms with Crippen LogP contribution in [0.4, 0.5) is 0 Å². The van der Waals surface area contributed by atoms with Gasteiger partial charge in [-0.25, -0.2) is 4.98 Å². The second kappa shape index (κ2) is 6.76. The molecule has 1 heterocycles. The Morgan fingerprint density at radius 2 is 2.14 bits per heavy atom. The number of thioether (sulfide) groups is 1. The Kier molecular flexibility index (Phi) is 5.01. The van der Waals surface area contributed by atoms with E-state index in [1.165, 1.54) is 11.8 Å². The number of nitrogens with zero attached hydrogens (tertiary/aromatic N) is 2. The maximum atomic E-state index is 12.2. The van der Waals surface area contributed by atoms with Crippen molar-refractivity contribution < 1.29 is 4.79 Å². The predicted molar refractivity (Wildman–Crippen MR) is 85.6 cm³/mol. The number of carbonyl (C=O) groups excluding carboxylic acids is 1. The molecule has 0 bridgehead atoms. The number of aryl methyl sites for hydroxylation is 1. The molecule has 6 heteroatoms. The smallest absolute Gasteiger partial charge is 0.283 e. The fourth-order valence-corrected chi connectivity index (χ4v) is 2.67. The van der Waals surface area contributed by atoms with Crippen molar-refractivity contribution in [3.63, 3.8) is 0 Å². The number of rotatable bonds is 5. The van der Waals surface area contributed by atoms with Crippen LogP contribution in [-0.4, -0.2) is 27.3 Å². The van der Waals surface area contributed by atoms with E-state index in [0.717, 1.165) is 17.5 Å². The van der Waals surface area contributed by atoms with Crippen molar-refractivity contribution in [2.45, 2.75) is 31.3 Å². The molecule has 112 valence electrons. The Balaban J connectivity index is 2.18. The summed E-state index contributed by atoms with van der Waals surface area (Å²) in [5.74, 6) is 0.122. The van der Waals surface area contributed by atoms with E-state index in [4.69, 9.17) is 0 Å². The van der Waals surface area contributed by atoms with E-state index in [0.29, 0.717) is 5.03 Å². The van der Waals surface area contributed by atoms with Gasteiger partial charge in [0.05, 0.1) is 16.8 Å². The molecule has 1 N–H and O–H groups in total. The van der Waals surface area contributed by atoms with Crippen LogP contribution in [0, 0.1) is 0 Å². The van der Waals surface area contributed by atoms with Gasteiger partial charge in [-0.1, -0.05) is 30.8 Å². The summed E-state index contributed by atoms with van der Waals surface area (Å²) in [6.07, 6.45) is 0.881. The van der Waals surface area contributed by atoms with Crippen LogP contribution in [0.15, 0.2) is 34.1 Å². The van der Waals surface area contributed by atoms with Gasteiger partial charge in [0.15, 0.2) is 5.03 Å². The summed E-state index contributed by atoms with van der Waals surface area (Å²) in [5, 5.41) is 3.23. The Morgan fingerprint density at radius 3 is 2.86 bits per heavy atom. The fraction of sp³-hybridized carbons (Fsp3) is 0.400. The Labute approximate surface area is 127 Å². The van der Waals surface area contributed by atoms with E-state index in [1.54, 1.807) is 11.6 Å². The minimum absolute atomic E-state index is 0.0774. The third kappa shape index (κ3) is 3.64. The molecule has 0 saturated heterocycles. The lowest BCUT2D eigenvalue weighted by Crippen LogP contribution is -2.33. The van der Waals surface area contributed by atoms with E-state index in [-0.39, 0.29) is 23.3 Å². The molecule has 5 nitrogen and oxygen atoms in total. The van der Waals surface area contributed by atoms with Crippen LogP contribution >= 0.6 is 11.8 Å². The monoisotopic (exact) mass is 305 g/mol. The summed E-state index contributed by atoms with van der Waals surface area (Å²) in [6.45, 7) is 3.97. The van der Waals surface area contributed by atoms with Crippen LogP contribution in [-0.2, 0) is 11.8 Å². The average Bonchev–Trinajstić information content (AvgIpc) is 2.49. The molecular formula is C15H19N3O2S.